The molecule has 2 aromatic heterocycles. The number of hydrogen-bond donors (Lipinski definition) is 2. The summed E-state index contributed by atoms with van der Waals surface area (Å²) >= 11 is 5.87. The number of pyridine rings is 2. The Hall–Kier alpha value is -1.70. The van der Waals surface area contributed by atoms with Crippen LogP contribution in [-0.4, -0.2) is 25.4 Å². The molecule has 0 atom stereocenters. The smallest absolute Gasteiger partial charge is 0.280 e. The number of halogens is 1. The predicted octanol–water partition coefficient (Wildman–Crippen LogP) is 1.65. The van der Waals surface area contributed by atoms with Gasteiger partial charge in [-0.25, -0.2) is 9.97 Å². The molecule has 2 rings (SSSR count). The quantitative estimate of drug-likeness (QED) is 0.877. The van der Waals surface area contributed by atoms with E-state index in [0.717, 1.165) is 5.56 Å². The Morgan fingerprint density at radius 3 is 2.65 bits per heavy atom. The average Bonchev–Trinajstić information content (AvgIpc) is 2.42. The van der Waals surface area contributed by atoms with Gasteiger partial charge in [0.15, 0.2) is 10.8 Å². The summed E-state index contributed by atoms with van der Waals surface area (Å²) in [6.07, 6.45) is 2.96. The first-order valence-electron chi connectivity index (χ1n) is 5.76. The zero-order valence-corrected chi connectivity index (χ0v) is 12.2. The molecule has 0 aliphatic rings. The van der Waals surface area contributed by atoms with Crippen molar-refractivity contribution in [3.63, 3.8) is 0 Å². The van der Waals surface area contributed by atoms with Crippen molar-refractivity contribution < 1.29 is 8.42 Å². The van der Waals surface area contributed by atoms with Gasteiger partial charge in [-0.3, -0.25) is 4.72 Å². The van der Waals surface area contributed by atoms with Crippen LogP contribution in [0.4, 0.5) is 5.82 Å². The van der Waals surface area contributed by atoms with E-state index in [0.29, 0.717) is 6.54 Å². The Kier molecular flexibility index (Phi) is 4.53. The van der Waals surface area contributed by atoms with Crippen LogP contribution in [0.3, 0.4) is 0 Å². The molecular weight excluding hydrogens is 300 g/mol. The van der Waals surface area contributed by atoms with E-state index in [-0.39, 0.29) is 15.9 Å². The normalized spacial score (nSPS) is 11.3. The van der Waals surface area contributed by atoms with Gasteiger partial charge in [0.2, 0.25) is 0 Å². The van der Waals surface area contributed by atoms with Gasteiger partial charge in [-0.15, -0.1) is 0 Å². The van der Waals surface area contributed by atoms with Gasteiger partial charge < -0.3 is 5.32 Å². The minimum Gasteiger partial charge on any atom is -0.316 e. The molecule has 2 aromatic rings. The number of rotatable bonds is 5. The molecule has 0 aromatic carbocycles. The molecule has 0 saturated carbocycles. The Morgan fingerprint density at radius 2 is 2.05 bits per heavy atom. The first-order valence-corrected chi connectivity index (χ1v) is 7.62. The fraction of sp³-hybridized carbons (Fsp3) is 0.167. The van der Waals surface area contributed by atoms with Gasteiger partial charge >= 0.3 is 0 Å². The monoisotopic (exact) mass is 312 g/mol. The van der Waals surface area contributed by atoms with E-state index in [9.17, 15) is 8.42 Å². The lowest BCUT2D eigenvalue weighted by atomic mass is 10.3. The van der Waals surface area contributed by atoms with Crippen LogP contribution >= 0.6 is 11.6 Å². The fourth-order valence-electron chi connectivity index (χ4n) is 1.52. The summed E-state index contributed by atoms with van der Waals surface area (Å²) in [4.78, 5) is 7.81. The molecule has 8 heteroatoms. The Bertz CT molecular complexity index is 689. The van der Waals surface area contributed by atoms with E-state index in [2.05, 4.69) is 20.0 Å². The predicted molar refractivity (Wildman–Crippen MR) is 77.1 cm³/mol. The Balaban J connectivity index is 2.24. The van der Waals surface area contributed by atoms with Crippen molar-refractivity contribution in [1.29, 1.82) is 0 Å². The van der Waals surface area contributed by atoms with E-state index in [1.54, 1.807) is 25.2 Å². The van der Waals surface area contributed by atoms with Crippen molar-refractivity contribution in [3.8, 4) is 0 Å². The summed E-state index contributed by atoms with van der Waals surface area (Å²) < 4.78 is 26.6. The second-order valence-corrected chi connectivity index (χ2v) is 6.01. The standard InChI is InChI=1S/C12H13ClN4O2S/c1-14-7-9-4-5-11(16-8-9)20(18,19)17-12-10(13)3-2-6-15-12/h2-6,8,14H,7H2,1H3,(H,15,17). The van der Waals surface area contributed by atoms with Crippen LogP contribution in [0.2, 0.25) is 5.02 Å². The summed E-state index contributed by atoms with van der Waals surface area (Å²) in [6.45, 7) is 0.618. The zero-order valence-electron chi connectivity index (χ0n) is 10.7. The van der Waals surface area contributed by atoms with Crippen molar-refractivity contribution >= 4 is 27.4 Å². The molecule has 0 bridgehead atoms. The van der Waals surface area contributed by atoms with Gasteiger partial charge in [-0.05, 0) is 30.8 Å². The highest BCUT2D eigenvalue weighted by molar-refractivity contribution is 7.92. The highest BCUT2D eigenvalue weighted by atomic mass is 35.5. The maximum absolute atomic E-state index is 12.1. The van der Waals surface area contributed by atoms with Crippen LogP contribution < -0.4 is 10.0 Å². The maximum atomic E-state index is 12.1. The van der Waals surface area contributed by atoms with E-state index in [4.69, 9.17) is 11.6 Å². The van der Waals surface area contributed by atoms with Gasteiger partial charge in [0.1, 0.15) is 0 Å². The number of nitrogens with one attached hydrogen (secondary N) is 2. The van der Waals surface area contributed by atoms with E-state index < -0.39 is 10.0 Å². The molecule has 2 N–H and O–H groups in total. The lowest BCUT2D eigenvalue weighted by Crippen LogP contribution is -2.16. The first-order chi connectivity index (χ1) is 9.53. The molecular formula is C12H13ClN4O2S. The number of nitrogens with zero attached hydrogens (tertiary/aromatic N) is 2. The summed E-state index contributed by atoms with van der Waals surface area (Å²) in [5, 5.41) is 3.10. The molecule has 0 spiro atoms. The summed E-state index contributed by atoms with van der Waals surface area (Å²) in [5.41, 5.74) is 0.891. The molecule has 0 saturated heterocycles. The average molecular weight is 313 g/mol. The molecule has 2 heterocycles. The van der Waals surface area contributed by atoms with Crippen LogP contribution in [0.5, 0.6) is 0 Å². The van der Waals surface area contributed by atoms with Crippen LogP contribution in [-0.2, 0) is 16.6 Å². The van der Waals surface area contributed by atoms with Crippen molar-refractivity contribution in [2.75, 3.05) is 11.8 Å². The van der Waals surface area contributed by atoms with Crippen LogP contribution in [0.25, 0.3) is 0 Å². The van der Waals surface area contributed by atoms with E-state index in [1.807, 2.05) is 0 Å². The van der Waals surface area contributed by atoms with Crippen molar-refractivity contribution in [2.24, 2.45) is 0 Å². The SMILES string of the molecule is CNCc1ccc(S(=O)(=O)Nc2ncccc2Cl)nc1. The number of aromatic nitrogens is 2. The minimum absolute atomic E-state index is 0.0790. The lowest BCUT2D eigenvalue weighted by Gasteiger charge is -2.08. The molecule has 106 valence electrons. The number of hydrogen-bond acceptors (Lipinski definition) is 5. The third-order valence-electron chi connectivity index (χ3n) is 2.44. The number of sulfonamides is 1. The molecule has 6 nitrogen and oxygen atoms in total. The Morgan fingerprint density at radius 1 is 1.25 bits per heavy atom. The summed E-state index contributed by atoms with van der Waals surface area (Å²) in [6, 6.07) is 6.30. The molecule has 0 fully saturated rings. The third kappa shape index (κ3) is 3.44. The molecule has 0 aliphatic heterocycles. The largest absolute Gasteiger partial charge is 0.316 e. The van der Waals surface area contributed by atoms with Crippen LogP contribution in [0.1, 0.15) is 5.56 Å². The van der Waals surface area contributed by atoms with Crippen LogP contribution in [0.15, 0.2) is 41.7 Å². The maximum Gasteiger partial charge on any atom is 0.280 e. The molecule has 0 aliphatic carbocycles. The third-order valence-corrected chi connectivity index (χ3v) is 4.00. The summed E-state index contributed by atoms with van der Waals surface area (Å²) in [7, 11) is -2.00. The molecule has 0 amide bonds. The van der Waals surface area contributed by atoms with Gasteiger partial charge in [0, 0.05) is 18.9 Å². The zero-order chi connectivity index (χ0) is 14.6. The highest BCUT2D eigenvalue weighted by Crippen LogP contribution is 2.20. The Labute approximate surface area is 122 Å². The number of anilines is 1. The van der Waals surface area contributed by atoms with E-state index >= 15 is 0 Å². The fourth-order valence-corrected chi connectivity index (χ4v) is 2.70. The molecule has 20 heavy (non-hydrogen) atoms. The minimum atomic E-state index is -3.80. The first kappa shape index (κ1) is 14.7. The summed E-state index contributed by atoms with van der Waals surface area (Å²) in [5.74, 6) is 0.0790. The van der Waals surface area contributed by atoms with Gasteiger partial charge in [0.05, 0.1) is 5.02 Å². The van der Waals surface area contributed by atoms with Gasteiger partial charge in [-0.2, -0.15) is 8.42 Å². The van der Waals surface area contributed by atoms with Crippen LogP contribution in [0, 0.1) is 0 Å². The van der Waals surface area contributed by atoms with E-state index in [1.165, 1.54) is 18.5 Å². The second-order valence-electron chi connectivity index (χ2n) is 3.97. The van der Waals surface area contributed by atoms with Gasteiger partial charge in [-0.1, -0.05) is 17.7 Å². The molecule has 0 unspecified atom stereocenters. The lowest BCUT2D eigenvalue weighted by molar-refractivity contribution is 0.597. The van der Waals surface area contributed by atoms with Crippen molar-refractivity contribution in [1.82, 2.24) is 15.3 Å². The topological polar surface area (TPSA) is 84.0 Å². The molecule has 0 radical (unpaired) electrons. The second kappa shape index (κ2) is 6.17. The van der Waals surface area contributed by atoms with Gasteiger partial charge in [0.25, 0.3) is 10.0 Å². The van der Waals surface area contributed by atoms with Crippen molar-refractivity contribution in [3.05, 3.63) is 47.2 Å². The highest BCUT2D eigenvalue weighted by Gasteiger charge is 2.17. The van der Waals surface area contributed by atoms with Crippen molar-refractivity contribution in [2.45, 2.75) is 11.6 Å².